The SMILES string of the molecule is Cc1ccc(OCC(=O)Nc2cc(-c3cn4cccc(C)c4n3)ccc2C)cc1. The smallest absolute Gasteiger partial charge is 0.262 e. The van der Waals surface area contributed by atoms with Crippen LogP contribution in [0.25, 0.3) is 16.9 Å². The Bertz CT molecular complexity index is 1180. The van der Waals surface area contributed by atoms with E-state index < -0.39 is 0 Å². The molecular formula is C24H23N3O2. The van der Waals surface area contributed by atoms with E-state index >= 15 is 0 Å². The Morgan fingerprint density at radius 3 is 2.59 bits per heavy atom. The second kappa shape index (κ2) is 7.80. The summed E-state index contributed by atoms with van der Waals surface area (Å²) in [4.78, 5) is 17.1. The Labute approximate surface area is 170 Å². The molecule has 0 radical (unpaired) electrons. The van der Waals surface area contributed by atoms with Gasteiger partial charge in [0.05, 0.1) is 5.69 Å². The minimum atomic E-state index is -0.198. The van der Waals surface area contributed by atoms with Crippen LogP contribution in [0.3, 0.4) is 0 Å². The molecule has 0 bridgehead atoms. The number of aromatic nitrogens is 2. The zero-order valence-electron chi connectivity index (χ0n) is 16.8. The van der Waals surface area contributed by atoms with Gasteiger partial charge in [0, 0.05) is 23.6 Å². The number of nitrogens with one attached hydrogen (secondary N) is 1. The number of fused-ring (bicyclic) bond motifs is 1. The number of hydrogen-bond donors (Lipinski definition) is 1. The van der Waals surface area contributed by atoms with Crippen molar-refractivity contribution in [3.63, 3.8) is 0 Å². The molecule has 0 aliphatic carbocycles. The number of rotatable bonds is 5. The molecule has 4 rings (SSSR count). The van der Waals surface area contributed by atoms with Gasteiger partial charge in [-0.15, -0.1) is 0 Å². The fraction of sp³-hybridized carbons (Fsp3) is 0.167. The van der Waals surface area contributed by atoms with E-state index in [1.165, 1.54) is 0 Å². The number of benzene rings is 2. The summed E-state index contributed by atoms with van der Waals surface area (Å²) in [6, 6.07) is 17.6. The third kappa shape index (κ3) is 4.14. The monoisotopic (exact) mass is 385 g/mol. The molecule has 0 fully saturated rings. The second-order valence-corrected chi connectivity index (χ2v) is 7.23. The highest BCUT2D eigenvalue weighted by molar-refractivity contribution is 5.93. The van der Waals surface area contributed by atoms with Crippen molar-refractivity contribution in [3.05, 3.63) is 83.7 Å². The average molecular weight is 385 g/mol. The van der Waals surface area contributed by atoms with E-state index in [2.05, 4.69) is 5.32 Å². The van der Waals surface area contributed by atoms with Crippen LogP contribution in [0.1, 0.15) is 16.7 Å². The lowest BCUT2D eigenvalue weighted by Crippen LogP contribution is -2.20. The van der Waals surface area contributed by atoms with Crippen molar-refractivity contribution in [3.8, 4) is 17.0 Å². The van der Waals surface area contributed by atoms with E-state index in [0.717, 1.165) is 39.3 Å². The maximum absolute atomic E-state index is 12.4. The normalized spacial score (nSPS) is 10.9. The molecule has 2 aromatic heterocycles. The number of carbonyl (C=O) groups is 1. The highest BCUT2D eigenvalue weighted by Crippen LogP contribution is 2.26. The van der Waals surface area contributed by atoms with E-state index in [1.807, 2.05) is 92.2 Å². The lowest BCUT2D eigenvalue weighted by Gasteiger charge is -2.11. The number of anilines is 1. The number of ether oxygens (including phenoxy) is 1. The Morgan fingerprint density at radius 2 is 1.83 bits per heavy atom. The summed E-state index contributed by atoms with van der Waals surface area (Å²) in [5.74, 6) is 0.480. The highest BCUT2D eigenvalue weighted by Gasteiger charge is 2.10. The van der Waals surface area contributed by atoms with E-state index in [-0.39, 0.29) is 12.5 Å². The van der Waals surface area contributed by atoms with Gasteiger partial charge in [0.25, 0.3) is 5.91 Å². The van der Waals surface area contributed by atoms with Gasteiger partial charge in [-0.3, -0.25) is 4.79 Å². The van der Waals surface area contributed by atoms with Crippen LogP contribution >= 0.6 is 0 Å². The van der Waals surface area contributed by atoms with Crippen LogP contribution in [0, 0.1) is 20.8 Å². The molecule has 29 heavy (non-hydrogen) atoms. The number of aryl methyl sites for hydroxylation is 3. The van der Waals surface area contributed by atoms with Gasteiger partial charge in [0.15, 0.2) is 6.61 Å². The largest absolute Gasteiger partial charge is 0.484 e. The van der Waals surface area contributed by atoms with Gasteiger partial charge in [-0.25, -0.2) is 4.98 Å². The first-order chi connectivity index (χ1) is 14.0. The molecular weight excluding hydrogens is 362 g/mol. The fourth-order valence-electron chi connectivity index (χ4n) is 3.18. The van der Waals surface area contributed by atoms with Gasteiger partial charge in [0.1, 0.15) is 11.4 Å². The lowest BCUT2D eigenvalue weighted by molar-refractivity contribution is -0.118. The van der Waals surface area contributed by atoms with Gasteiger partial charge < -0.3 is 14.5 Å². The Balaban J connectivity index is 1.51. The molecule has 0 atom stereocenters. The zero-order valence-corrected chi connectivity index (χ0v) is 16.8. The van der Waals surface area contributed by atoms with Crippen LogP contribution in [0.15, 0.2) is 67.0 Å². The number of hydrogen-bond acceptors (Lipinski definition) is 3. The van der Waals surface area contributed by atoms with Gasteiger partial charge in [0.2, 0.25) is 0 Å². The number of amides is 1. The summed E-state index contributed by atoms with van der Waals surface area (Å²) in [6.45, 7) is 5.98. The van der Waals surface area contributed by atoms with Gasteiger partial charge >= 0.3 is 0 Å². The van der Waals surface area contributed by atoms with Crippen LogP contribution in [0.2, 0.25) is 0 Å². The first-order valence-electron chi connectivity index (χ1n) is 9.54. The van der Waals surface area contributed by atoms with Crippen LogP contribution in [-0.4, -0.2) is 21.9 Å². The zero-order chi connectivity index (χ0) is 20.4. The van der Waals surface area contributed by atoms with Crippen molar-refractivity contribution < 1.29 is 9.53 Å². The summed E-state index contributed by atoms with van der Waals surface area (Å²) >= 11 is 0. The molecule has 146 valence electrons. The van der Waals surface area contributed by atoms with Crippen molar-refractivity contribution in [2.24, 2.45) is 0 Å². The van der Waals surface area contributed by atoms with Crippen LogP contribution in [0.4, 0.5) is 5.69 Å². The van der Waals surface area contributed by atoms with Crippen molar-refractivity contribution in [2.45, 2.75) is 20.8 Å². The van der Waals surface area contributed by atoms with Gasteiger partial charge in [-0.2, -0.15) is 0 Å². The van der Waals surface area contributed by atoms with Crippen molar-refractivity contribution in [1.29, 1.82) is 0 Å². The van der Waals surface area contributed by atoms with Crippen molar-refractivity contribution >= 4 is 17.2 Å². The standard InChI is InChI=1S/C24H23N3O2/c1-16-6-10-20(11-7-16)29-15-23(28)25-21-13-19(9-8-17(21)2)22-14-27-12-4-5-18(3)24(27)26-22/h4-14H,15H2,1-3H3,(H,25,28). The molecule has 0 saturated heterocycles. The summed E-state index contributed by atoms with van der Waals surface area (Å²) in [6.07, 6.45) is 3.98. The van der Waals surface area contributed by atoms with Crippen LogP contribution in [0.5, 0.6) is 5.75 Å². The first kappa shape index (κ1) is 18.7. The van der Waals surface area contributed by atoms with Crippen LogP contribution in [-0.2, 0) is 4.79 Å². The van der Waals surface area contributed by atoms with Crippen molar-refractivity contribution in [1.82, 2.24) is 9.38 Å². The van der Waals surface area contributed by atoms with E-state index in [9.17, 15) is 4.79 Å². The predicted octanol–water partition coefficient (Wildman–Crippen LogP) is 4.94. The minimum Gasteiger partial charge on any atom is -0.484 e. The van der Waals surface area contributed by atoms with Crippen LogP contribution < -0.4 is 10.1 Å². The average Bonchev–Trinajstić information content (AvgIpc) is 3.15. The Kier molecular flexibility index (Phi) is 5.04. The fourth-order valence-corrected chi connectivity index (χ4v) is 3.18. The number of carbonyl (C=O) groups excluding carboxylic acids is 1. The molecule has 2 aromatic carbocycles. The molecule has 0 aliphatic heterocycles. The lowest BCUT2D eigenvalue weighted by atomic mass is 10.1. The van der Waals surface area contributed by atoms with E-state index in [4.69, 9.17) is 9.72 Å². The van der Waals surface area contributed by atoms with Gasteiger partial charge in [-0.1, -0.05) is 35.9 Å². The molecule has 2 heterocycles. The van der Waals surface area contributed by atoms with Gasteiger partial charge in [-0.05, 0) is 56.2 Å². The van der Waals surface area contributed by atoms with Crippen molar-refractivity contribution in [2.75, 3.05) is 11.9 Å². The quantitative estimate of drug-likeness (QED) is 0.529. The molecule has 0 saturated carbocycles. The topological polar surface area (TPSA) is 55.6 Å². The number of nitrogens with zero attached hydrogens (tertiary/aromatic N) is 2. The molecule has 5 nitrogen and oxygen atoms in total. The molecule has 1 amide bonds. The molecule has 1 N–H and O–H groups in total. The third-order valence-electron chi connectivity index (χ3n) is 4.88. The maximum Gasteiger partial charge on any atom is 0.262 e. The summed E-state index contributed by atoms with van der Waals surface area (Å²) in [7, 11) is 0. The molecule has 5 heteroatoms. The molecule has 0 aliphatic rings. The summed E-state index contributed by atoms with van der Waals surface area (Å²) in [5, 5.41) is 2.95. The minimum absolute atomic E-state index is 0.0414. The maximum atomic E-state index is 12.4. The molecule has 0 spiro atoms. The predicted molar refractivity (Wildman–Crippen MR) is 115 cm³/mol. The summed E-state index contributed by atoms with van der Waals surface area (Å²) in [5.41, 5.74) is 6.76. The number of pyridine rings is 1. The number of imidazole rings is 1. The Morgan fingerprint density at radius 1 is 1.03 bits per heavy atom. The molecule has 4 aromatic rings. The summed E-state index contributed by atoms with van der Waals surface area (Å²) < 4.78 is 7.59. The van der Waals surface area contributed by atoms with E-state index in [1.54, 1.807) is 0 Å². The second-order valence-electron chi connectivity index (χ2n) is 7.23. The third-order valence-corrected chi connectivity index (χ3v) is 4.88. The Hall–Kier alpha value is -3.60. The molecule has 0 unspecified atom stereocenters. The highest BCUT2D eigenvalue weighted by atomic mass is 16.5. The first-order valence-corrected chi connectivity index (χ1v) is 9.54. The van der Waals surface area contributed by atoms with E-state index in [0.29, 0.717) is 5.75 Å².